The molecule has 1 aliphatic heterocycles. The molecule has 1 amide bonds. The predicted octanol–water partition coefficient (Wildman–Crippen LogP) is 4.51. The van der Waals surface area contributed by atoms with Gasteiger partial charge in [0, 0.05) is 55.9 Å². The van der Waals surface area contributed by atoms with Crippen LogP contribution < -0.4 is 15.5 Å². The number of aryl methyl sites for hydroxylation is 2. The average molecular weight is 444 g/mol. The lowest BCUT2D eigenvalue weighted by Gasteiger charge is -2.34. The van der Waals surface area contributed by atoms with Gasteiger partial charge in [0.25, 0.3) is 0 Å². The van der Waals surface area contributed by atoms with Crippen LogP contribution in [0.3, 0.4) is 0 Å². The number of hydrogen-bond acceptors (Lipinski definition) is 5. The van der Waals surface area contributed by atoms with Crippen LogP contribution in [0.25, 0.3) is 0 Å². The Morgan fingerprint density at radius 2 is 1.85 bits per heavy atom. The highest BCUT2D eigenvalue weighted by molar-refractivity contribution is 5.91. The number of hydrogen-bond donors (Lipinski definition) is 2. The summed E-state index contributed by atoms with van der Waals surface area (Å²) in [5, 5.41) is 6.68. The second-order valence-electron chi connectivity index (χ2n) is 8.73. The Hall–Kier alpha value is -3.25. The quantitative estimate of drug-likeness (QED) is 0.509. The summed E-state index contributed by atoms with van der Waals surface area (Å²) in [5.74, 6) is 0.0743. The molecule has 33 heavy (non-hydrogen) atoms. The number of carbonyl (C=O) groups is 1. The maximum Gasteiger partial charge on any atom is 0.224 e. The van der Waals surface area contributed by atoms with Crippen LogP contribution >= 0.6 is 0 Å². The molecule has 2 aromatic carbocycles. The van der Waals surface area contributed by atoms with E-state index in [-0.39, 0.29) is 5.91 Å². The molecule has 4 rings (SSSR count). The van der Waals surface area contributed by atoms with Gasteiger partial charge in [0.1, 0.15) is 0 Å². The second-order valence-corrected chi connectivity index (χ2v) is 8.73. The summed E-state index contributed by atoms with van der Waals surface area (Å²) in [5.41, 5.74) is 5.24. The van der Waals surface area contributed by atoms with Crippen LogP contribution in [0.2, 0.25) is 0 Å². The van der Waals surface area contributed by atoms with Gasteiger partial charge in [0.05, 0.1) is 11.4 Å². The van der Waals surface area contributed by atoms with Crippen molar-refractivity contribution in [2.45, 2.75) is 51.6 Å². The molecule has 1 aromatic heterocycles. The van der Waals surface area contributed by atoms with E-state index in [1.54, 1.807) is 0 Å². The maximum atomic E-state index is 12.4. The fourth-order valence-corrected chi connectivity index (χ4v) is 4.20. The summed E-state index contributed by atoms with van der Waals surface area (Å²) >= 11 is 0. The monoisotopic (exact) mass is 443 g/mol. The van der Waals surface area contributed by atoms with Crippen molar-refractivity contribution in [3.8, 4) is 0 Å². The third-order valence-corrected chi connectivity index (χ3v) is 6.11. The second kappa shape index (κ2) is 11.6. The van der Waals surface area contributed by atoms with Crippen molar-refractivity contribution in [1.82, 2.24) is 15.3 Å². The van der Waals surface area contributed by atoms with Crippen LogP contribution in [0.4, 0.5) is 11.4 Å². The van der Waals surface area contributed by atoms with E-state index in [0.29, 0.717) is 12.5 Å². The third-order valence-electron chi connectivity index (χ3n) is 6.11. The van der Waals surface area contributed by atoms with Crippen LogP contribution in [0.15, 0.2) is 67.0 Å². The summed E-state index contributed by atoms with van der Waals surface area (Å²) in [4.78, 5) is 23.5. The Bertz CT molecular complexity index is 1010. The molecule has 0 bridgehead atoms. The number of nitrogens with one attached hydrogen (secondary N) is 2. The lowest BCUT2D eigenvalue weighted by Crippen LogP contribution is -2.42. The normalized spacial score (nSPS) is 14.3. The van der Waals surface area contributed by atoms with Gasteiger partial charge >= 0.3 is 0 Å². The Kier molecular flexibility index (Phi) is 8.04. The molecule has 6 heteroatoms. The number of aromatic nitrogens is 2. The molecule has 6 nitrogen and oxygen atoms in total. The standard InChI is InChI=1S/C27H33N5O/c1-21-18-29-25(19-28-21)20-30-23-13-15-32(16-14-23)26-11-6-10-24(17-26)31-27(33)12-5-9-22-7-3-2-4-8-22/h2-4,6-8,10-11,17-19,23,30H,5,9,12-16,20H2,1H3,(H,31,33). The summed E-state index contributed by atoms with van der Waals surface area (Å²) < 4.78 is 0. The van der Waals surface area contributed by atoms with E-state index < -0.39 is 0 Å². The number of carbonyl (C=O) groups excluding carboxylic acids is 1. The van der Waals surface area contributed by atoms with Crippen LogP contribution in [0.5, 0.6) is 0 Å². The van der Waals surface area contributed by atoms with E-state index in [4.69, 9.17) is 0 Å². The van der Waals surface area contributed by atoms with Gasteiger partial charge in [-0.25, -0.2) is 0 Å². The zero-order valence-corrected chi connectivity index (χ0v) is 19.3. The summed E-state index contributed by atoms with van der Waals surface area (Å²) in [6, 6.07) is 19.0. The highest BCUT2D eigenvalue weighted by atomic mass is 16.1. The van der Waals surface area contributed by atoms with Crippen molar-refractivity contribution < 1.29 is 4.79 Å². The molecular formula is C27H33N5O. The number of anilines is 2. The molecule has 0 radical (unpaired) electrons. The SMILES string of the molecule is Cc1cnc(CNC2CCN(c3cccc(NC(=O)CCCc4ccccc4)c3)CC2)cn1. The number of rotatable bonds is 9. The Labute approximate surface area is 196 Å². The van der Waals surface area contributed by atoms with Crippen molar-refractivity contribution in [3.05, 3.63) is 83.9 Å². The minimum absolute atomic E-state index is 0.0743. The largest absolute Gasteiger partial charge is 0.371 e. The number of amides is 1. The molecule has 172 valence electrons. The van der Waals surface area contributed by atoms with Crippen molar-refractivity contribution >= 4 is 17.3 Å². The van der Waals surface area contributed by atoms with Crippen molar-refractivity contribution in [2.75, 3.05) is 23.3 Å². The molecule has 0 spiro atoms. The molecule has 2 heterocycles. The van der Waals surface area contributed by atoms with Crippen molar-refractivity contribution in [3.63, 3.8) is 0 Å². The molecule has 0 atom stereocenters. The van der Waals surface area contributed by atoms with Crippen molar-refractivity contribution in [1.29, 1.82) is 0 Å². The van der Waals surface area contributed by atoms with Crippen molar-refractivity contribution in [2.24, 2.45) is 0 Å². The zero-order chi connectivity index (χ0) is 22.9. The summed E-state index contributed by atoms with van der Waals surface area (Å²) in [6.07, 6.45) is 8.12. The molecule has 3 aromatic rings. The maximum absolute atomic E-state index is 12.4. The Balaban J connectivity index is 1.21. The third kappa shape index (κ3) is 7.12. The first-order valence-corrected chi connectivity index (χ1v) is 11.9. The Morgan fingerprint density at radius 1 is 1.03 bits per heavy atom. The fourth-order valence-electron chi connectivity index (χ4n) is 4.20. The van der Waals surface area contributed by atoms with E-state index in [0.717, 1.165) is 62.4 Å². The van der Waals surface area contributed by atoms with Gasteiger partial charge in [0.2, 0.25) is 5.91 Å². The van der Waals surface area contributed by atoms with Gasteiger partial charge in [-0.05, 0) is 56.4 Å². The van der Waals surface area contributed by atoms with Crippen LogP contribution in [0.1, 0.15) is 42.6 Å². The molecule has 0 unspecified atom stereocenters. The zero-order valence-electron chi connectivity index (χ0n) is 19.3. The van der Waals surface area contributed by atoms with E-state index in [1.165, 1.54) is 11.3 Å². The fraction of sp³-hybridized carbons (Fsp3) is 0.370. The van der Waals surface area contributed by atoms with E-state index in [9.17, 15) is 4.79 Å². The average Bonchev–Trinajstić information content (AvgIpc) is 2.85. The van der Waals surface area contributed by atoms with E-state index >= 15 is 0 Å². The lowest BCUT2D eigenvalue weighted by molar-refractivity contribution is -0.116. The topological polar surface area (TPSA) is 70.2 Å². The number of piperidine rings is 1. The molecule has 1 aliphatic rings. The molecule has 1 saturated heterocycles. The van der Waals surface area contributed by atoms with Crippen LogP contribution in [-0.4, -0.2) is 35.0 Å². The molecule has 0 saturated carbocycles. The molecule has 2 N–H and O–H groups in total. The first kappa shape index (κ1) is 22.9. The minimum Gasteiger partial charge on any atom is -0.371 e. The Morgan fingerprint density at radius 3 is 2.61 bits per heavy atom. The summed E-state index contributed by atoms with van der Waals surface area (Å²) in [7, 11) is 0. The number of benzene rings is 2. The first-order valence-electron chi connectivity index (χ1n) is 11.9. The smallest absolute Gasteiger partial charge is 0.224 e. The first-order chi connectivity index (χ1) is 16.2. The highest BCUT2D eigenvalue weighted by Crippen LogP contribution is 2.23. The van der Waals surface area contributed by atoms with Crippen LogP contribution in [0, 0.1) is 6.92 Å². The predicted molar refractivity (Wildman–Crippen MR) is 133 cm³/mol. The molecule has 1 fully saturated rings. The molecule has 0 aliphatic carbocycles. The number of nitrogens with zero attached hydrogens (tertiary/aromatic N) is 3. The van der Waals surface area contributed by atoms with Gasteiger partial charge in [-0.2, -0.15) is 0 Å². The van der Waals surface area contributed by atoms with E-state index in [1.807, 2.05) is 49.6 Å². The molecular weight excluding hydrogens is 410 g/mol. The van der Waals surface area contributed by atoms with Crippen LogP contribution in [-0.2, 0) is 17.8 Å². The lowest BCUT2D eigenvalue weighted by atomic mass is 10.0. The van der Waals surface area contributed by atoms with Gasteiger partial charge in [-0.1, -0.05) is 36.4 Å². The van der Waals surface area contributed by atoms with Gasteiger partial charge < -0.3 is 15.5 Å². The van der Waals surface area contributed by atoms with E-state index in [2.05, 4.69) is 49.8 Å². The van der Waals surface area contributed by atoms with Gasteiger partial charge in [0.15, 0.2) is 0 Å². The minimum atomic E-state index is 0.0743. The van der Waals surface area contributed by atoms with Gasteiger partial charge in [-0.15, -0.1) is 0 Å². The van der Waals surface area contributed by atoms with Gasteiger partial charge in [-0.3, -0.25) is 14.8 Å². The summed E-state index contributed by atoms with van der Waals surface area (Å²) in [6.45, 7) is 4.69. The highest BCUT2D eigenvalue weighted by Gasteiger charge is 2.19.